The summed E-state index contributed by atoms with van der Waals surface area (Å²) in [4.78, 5) is 7.50. The molecule has 1 unspecified atom stereocenters. The van der Waals surface area contributed by atoms with E-state index in [-0.39, 0.29) is 17.4 Å². The van der Waals surface area contributed by atoms with Gasteiger partial charge in [0.15, 0.2) is 0 Å². The van der Waals surface area contributed by atoms with Gasteiger partial charge in [0.1, 0.15) is 17.1 Å². The lowest BCUT2D eigenvalue weighted by molar-refractivity contribution is 0.137. The molecule has 2 rings (SSSR count). The third kappa shape index (κ3) is 7.09. The number of rotatable bonds is 8. The molecule has 7 heteroatoms. The lowest BCUT2D eigenvalue weighted by Crippen LogP contribution is -2.12. The van der Waals surface area contributed by atoms with Crippen molar-refractivity contribution in [1.29, 1.82) is 0 Å². The van der Waals surface area contributed by atoms with Crippen LogP contribution in [0.15, 0.2) is 30.5 Å². The van der Waals surface area contributed by atoms with Crippen LogP contribution < -0.4 is 4.74 Å². The maximum absolute atomic E-state index is 13.4. The highest BCUT2D eigenvalue weighted by molar-refractivity contribution is 5.60. The molecular weight excluding hydrogens is 372 g/mol. The predicted molar refractivity (Wildman–Crippen MR) is 103 cm³/mol. The molecule has 0 aliphatic carbocycles. The predicted octanol–water partition coefficient (Wildman–Crippen LogP) is 7.11. The Hall–Kier alpha value is -2.18. The molecule has 2 aromatic heterocycles. The van der Waals surface area contributed by atoms with Crippen molar-refractivity contribution in [2.75, 3.05) is 6.61 Å². The number of aromatic nitrogens is 2. The molecule has 0 saturated carbocycles. The molecule has 0 aliphatic heterocycles. The first-order valence-corrected chi connectivity index (χ1v) is 9.44. The molecule has 0 fully saturated rings. The van der Waals surface area contributed by atoms with Gasteiger partial charge in [-0.25, -0.2) is 22.5 Å². The van der Waals surface area contributed by atoms with Crippen LogP contribution in [0.2, 0.25) is 0 Å². The van der Waals surface area contributed by atoms with Gasteiger partial charge < -0.3 is 4.74 Å². The van der Waals surface area contributed by atoms with Crippen molar-refractivity contribution in [3.05, 3.63) is 41.9 Å². The molecule has 1 atom stereocenters. The largest absolute Gasteiger partial charge is 0.491 e. The van der Waals surface area contributed by atoms with Crippen molar-refractivity contribution < 1.29 is 22.3 Å². The zero-order valence-corrected chi connectivity index (χ0v) is 16.9. The highest BCUT2D eigenvalue weighted by Crippen LogP contribution is 2.31. The number of hydrogen-bond donors (Lipinski definition) is 0. The molecule has 0 aliphatic rings. The Balaban J connectivity index is 0.00000190. The molecule has 0 radical (unpaired) electrons. The molecule has 3 nitrogen and oxygen atoms in total. The van der Waals surface area contributed by atoms with Crippen LogP contribution >= 0.6 is 0 Å². The van der Waals surface area contributed by atoms with E-state index in [9.17, 15) is 17.6 Å². The minimum Gasteiger partial charge on any atom is -0.491 e. The minimum absolute atomic E-state index is 0.0162. The number of alkyl halides is 4. The van der Waals surface area contributed by atoms with Crippen molar-refractivity contribution in [3.63, 3.8) is 0 Å². The monoisotopic (exact) mass is 400 g/mol. The van der Waals surface area contributed by atoms with E-state index in [1.807, 2.05) is 20.8 Å². The maximum Gasteiger partial charge on any atom is 0.284 e. The van der Waals surface area contributed by atoms with Gasteiger partial charge in [-0.3, -0.25) is 4.98 Å². The van der Waals surface area contributed by atoms with Crippen molar-refractivity contribution in [2.45, 2.75) is 53.9 Å². The van der Waals surface area contributed by atoms with E-state index in [0.717, 1.165) is 12.5 Å². The van der Waals surface area contributed by atoms with E-state index in [1.165, 1.54) is 24.4 Å². The van der Waals surface area contributed by atoms with Gasteiger partial charge in [0, 0.05) is 11.8 Å². The highest BCUT2D eigenvalue weighted by atomic mass is 19.3. The second-order valence-electron chi connectivity index (χ2n) is 6.70. The van der Waals surface area contributed by atoms with E-state index >= 15 is 0 Å². The highest BCUT2D eigenvalue weighted by Gasteiger charge is 2.19. The summed E-state index contributed by atoms with van der Waals surface area (Å²) in [6.07, 6.45) is -3.45. The number of pyridine rings is 2. The Kier molecular flexibility index (Phi) is 9.90. The van der Waals surface area contributed by atoms with Gasteiger partial charge in [0.25, 0.3) is 12.9 Å². The molecule has 2 aromatic rings. The first-order valence-electron chi connectivity index (χ1n) is 9.44. The summed E-state index contributed by atoms with van der Waals surface area (Å²) < 4.78 is 57.9. The first-order chi connectivity index (χ1) is 13.3. The Morgan fingerprint density at radius 2 is 1.64 bits per heavy atom. The Bertz CT molecular complexity index is 723. The fourth-order valence-electron chi connectivity index (χ4n) is 2.73. The summed E-state index contributed by atoms with van der Waals surface area (Å²) in [5.41, 5.74) is -0.440. The van der Waals surface area contributed by atoms with Crippen molar-refractivity contribution >= 4 is 0 Å². The van der Waals surface area contributed by atoms with E-state index < -0.39 is 24.2 Å². The normalized spacial score (nSPS) is 12.1. The number of halogens is 4. The van der Waals surface area contributed by atoms with Gasteiger partial charge in [-0.15, -0.1) is 0 Å². The van der Waals surface area contributed by atoms with E-state index in [0.29, 0.717) is 18.1 Å². The average Bonchev–Trinajstić information content (AvgIpc) is 2.67. The number of ether oxygens (including phenoxy) is 1. The van der Waals surface area contributed by atoms with Gasteiger partial charge in [0.05, 0.1) is 12.3 Å². The van der Waals surface area contributed by atoms with Crippen LogP contribution in [0.4, 0.5) is 17.6 Å². The van der Waals surface area contributed by atoms with Crippen LogP contribution in [-0.2, 0) is 0 Å². The smallest absolute Gasteiger partial charge is 0.284 e. The summed E-state index contributed by atoms with van der Waals surface area (Å²) >= 11 is 0. The number of hydrogen-bond acceptors (Lipinski definition) is 3. The Morgan fingerprint density at radius 1 is 0.964 bits per heavy atom. The molecule has 0 bridgehead atoms. The standard InChI is InChI=1S/C19H22F4N2O.C2H6/c1-11(2)8-12(3)10-26-16-5-4-14(25-17(16)19(22)23)13-6-7-24-15(9-13)18(20)21;1-2/h4-7,9,11-12,18-19H,8,10H2,1-3H3;1-2H3. The van der Waals surface area contributed by atoms with Gasteiger partial charge in [-0.05, 0) is 42.5 Å². The topological polar surface area (TPSA) is 35.0 Å². The fourth-order valence-corrected chi connectivity index (χ4v) is 2.73. The minimum atomic E-state index is -2.83. The third-order valence-corrected chi connectivity index (χ3v) is 3.79. The molecule has 0 spiro atoms. The fraction of sp³-hybridized carbons (Fsp3) is 0.524. The second-order valence-corrected chi connectivity index (χ2v) is 6.70. The van der Waals surface area contributed by atoms with Crippen LogP contribution in [-0.4, -0.2) is 16.6 Å². The molecule has 0 aromatic carbocycles. The van der Waals surface area contributed by atoms with Crippen molar-refractivity contribution in [3.8, 4) is 17.0 Å². The van der Waals surface area contributed by atoms with Gasteiger partial charge in [-0.2, -0.15) is 0 Å². The zero-order valence-electron chi connectivity index (χ0n) is 16.9. The van der Waals surface area contributed by atoms with Crippen molar-refractivity contribution in [2.24, 2.45) is 11.8 Å². The Labute approximate surface area is 164 Å². The molecular formula is C21H28F4N2O. The molecule has 28 heavy (non-hydrogen) atoms. The second kappa shape index (κ2) is 11.6. The van der Waals surface area contributed by atoms with Crippen LogP contribution in [0.1, 0.15) is 65.3 Å². The average molecular weight is 400 g/mol. The maximum atomic E-state index is 13.4. The summed E-state index contributed by atoms with van der Waals surface area (Å²) in [6.45, 7) is 10.5. The van der Waals surface area contributed by atoms with E-state index in [4.69, 9.17) is 4.74 Å². The molecule has 0 N–H and O–H groups in total. The molecule has 0 saturated heterocycles. The van der Waals surface area contributed by atoms with Crippen LogP contribution in [0.3, 0.4) is 0 Å². The van der Waals surface area contributed by atoms with E-state index in [1.54, 1.807) is 0 Å². The lowest BCUT2D eigenvalue weighted by atomic mass is 10.00. The number of nitrogens with zero attached hydrogens (tertiary/aromatic N) is 2. The molecule has 0 amide bonds. The molecule has 156 valence electrons. The summed E-state index contributed by atoms with van der Waals surface area (Å²) in [5, 5.41) is 0. The lowest BCUT2D eigenvalue weighted by Gasteiger charge is -2.17. The summed E-state index contributed by atoms with van der Waals surface area (Å²) in [7, 11) is 0. The summed E-state index contributed by atoms with van der Waals surface area (Å²) in [5.74, 6) is 0.718. The van der Waals surface area contributed by atoms with Crippen molar-refractivity contribution in [1.82, 2.24) is 9.97 Å². The van der Waals surface area contributed by atoms with Gasteiger partial charge in [0.2, 0.25) is 0 Å². The zero-order chi connectivity index (χ0) is 21.3. The van der Waals surface area contributed by atoms with Gasteiger partial charge >= 0.3 is 0 Å². The quantitative estimate of drug-likeness (QED) is 0.443. The summed E-state index contributed by atoms with van der Waals surface area (Å²) in [6, 6.07) is 5.50. The molecule has 2 heterocycles. The van der Waals surface area contributed by atoms with Crippen LogP contribution in [0.5, 0.6) is 5.75 Å². The van der Waals surface area contributed by atoms with Gasteiger partial charge in [-0.1, -0.05) is 34.6 Å². The van der Waals surface area contributed by atoms with Crippen LogP contribution in [0.25, 0.3) is 11.3 Å². The SMILES string of the molecule is CC.CC(C)CC(C)COc1ccc(-c2ccnc(C(F)F)c2)nc1C(F)F. The Morgan fingerprint density at radius 3 is 2.21 bits per heavy atom. The third-order valence-electron chi connectivity index (χ3n) is 3.79. The van der Waals surface area contributed by atoms with Crippen LogP contribution in [0, 0.1) is 11.8 Å². The first kappa shape index (κ1) is 23.9. The van der Waals surface area contributed by atoms with E-state index in [2.05, 4.69) is 23.8 Å².